The first kappa shape index (κ1) is 12.4. The molecule has 96 valence electrons. The van der Waals surface area contributed by atoms with Gasteiger partial charge in [-0.2, -0.15) is 0 Å². The Morgan fingerprint density at radius 3 is 2.94 bits per heavy atom. The minimum atomic E-state index is 0.349. The fourth-order valence-corrected chi connectivity index (χ4v) is 2.54. The van der Waals surface area contributed by atoms with Gasteiger partial charge in [0.15, 0.2) is 0 Å². The molecule has 2 unspecified atom stereocenters. The summed E-state index contributed by atoms with van der Waals surface area (Å²) in [4.78, 5) is 7.05. The zero-order chi connectivity index (χ0) is 12.4. The molecule has 0 spiro atoms. The Hall–Kier alpha value is -1.03. The summed E-state index contributed by atoms with van der Waals surface area (Å²) in [6.45, 7) is 9.61. The molecular formula is C13H24N4. The van der Waals surface area contributed by atoms with E-state index < -0.39 is 0 Å². The summed E-state index contributed by atoms with van der Waals surface area (Å²) in [7, 11) is 0. The van der Waals surface area contributed by atoms with Crippen molar-refractivity contribution in [3.63, 3.8) is 0 Å². The molecule has 0 amide bonds. The van der Waals surface area contributed by atoms with Crippen molar-refractivity contribution in [2.45, 2.75) is 46.2 Å². The quantitative estimate of drug-likeness (QED) is 0.870. The molecule has 0 aliphatic carbocycles. The van der Waals surface area contributed by atoms with Gasteiger partial charge in [0.25, 0.3) is 0 Å². The van der Waals surface area contributed by atoms with Crippen LogP contribution in [0.5, 0.6) is 0 Å². The molecule has 1 aliphatic heterocycles. The van der Waals surface area contributed by atoms with E-state index in [0.717, 1.165) is 44.1 Å². The maximum absolute atomic E-state index is 6.07. The smallest absolute Gasteiger partial charge is 0.205 e. The highest BCUT2D eigenvalue weighted by Gasteiger charge is 2.25. The summed E-state index contributed by atoms with van der Waals surface area (Å²) < 4.78 is 2.28. The van der Waals surface area contributed by atoms with Gasteiger partial charge in [-0.25, -0.2) is 4.98 Å². The van der Waals surface area contributed by atoms with E-state index in [-0.39, 0.29) is 0 Å². The van der Waals surface area contributed by atoms with Crippen LogP contribution < -0.4 is 10.6 Å². The molecule has 4 nitrogen and oxygen atoms in total. The lowest BCUT2D eigenvalue weighted by Gasteiger charge is -2.35. The maximum Gasteiger partial charge on any atom is 0.205 e. The molecule has 2 N–H and O–H groups in total. The maximum atomic E-state index is 6.07. The second-order valence-electron chi connectivity index (χ2n) is 5.25. The second-order valence-corrected chi connectivity index (χ2v) is 5.25. The number of imidazole rings is 1. The molecule has 2 heterocycles. The first-order valence-electron chi connectivity index (χ1n) is 6.66. The molecule has 0 saturated carbocycles. The fourth-order valence-electron chi connectivity index (χ4n) is 2.54. The van der Waals surface area contributed by atoms with Crippen LogP contribution in [0.1, 0.15) is 32.4 Å². The lowest BCUT2D eigenvalue weighted by molar-refractivity contribution is 0.377. The minimum Gasteiger partial charge on any atom is -0.342 e. The highest BCUT2D eigenvalue weighted by Crippen LogP contribution is 2.22. The molecule has 2 atom stereocenters. The van der Waals surface area contributed by atoms with Crippen LogP contribution in [0.3, 0.4) is 0 Å². The van der Waals surface area contributed by atoms with E-state index in [0.29, 0.717) is 12.0 Å². The number of aromatic nitrogens is 2. The summed E-state index contributed by atoms with van der Waals surface area (Å²) in [6.07, 6.45) is 4.36. The number of nitrogens with zero attached hydrogens (tertiary/aromatic N) is 3. The van der Waals surface area contributed by atoms with Gasteiger partial charge in [-0.15, -0.1) is 0 Å². The van der Waals surface area contributed by atoms with Gasteiger partial charge >= 0.3 is 0 Å². The number of rotatable bonds is 3. The van der Waals surface area contributed by atoms with Crippen LogP contribution in [0, 0.1) is 12.8 Å². The van der Waals surface area contributed by atoms with Gasteiger partial charge in [-0.3, -0.25) is 0 Å². The van der Waals surface area contributed by atoms with Gasteiger partial charge in [-0.05, 0) is 25.7 Å². The highest BCUT2D eigenvalue weighted by atomic mass is 15.3. The number of piperidine rings is 1. The number of aryl methyl sites for hydroxylation is 2. The molecule has 1 fully saturated rings. The van der Waals surface area contributed by atoms with Gasteiger partial charge in [0.2, 0.25) is 5.95 Å². The zero-order valence-corrected chi connectivity index (χ0v) is 11.2. The summed E-state index contributed by atoms with van der Waals surface area (Å²) in [5, 5.41) is 0. The van der Waals surface area contributed by atoms with E-state index in [1.54, 1.807) is 0 Å². The highest BCUT2D eigenvalue weighted by molar-refractivity contribution is 5.34. The number of hydrogen-bond donors (Lipinski definition) is 1. The third-order valence-electron chi connectivity index (χ3n) is 3.59. The molecule has 2 rings (SSSR count). The standard InChI is InChI=1S/C13H24N4/c1-4-6-16-9-11(3)15-13(16)17-7-5-12(14)10(2)8-17/h9-10,12H,4-8,14H2,1-3H3. The molecule has 0 bridgehead atoms. The summed E-state index contributed by atoms with van der Waals surface area (Å²) >= 11 is 0. The summed E-state index contributed by atoms with van der Waals surface area (Å²) in [5.41, 5.74) is 7.17. The molecule has 0 radical (unpaired) electrons. The average Bonchev–Trinajstić information content (AvgIpc) is 2.64. The monoisotopic (exact) mass is 236 g/mol. The van der Waals surface area contributed by atoms with Gasteiger partial charge in [0.1, 0.15) is 0 Å². The van der Waals surface area contributed by atoms with Crippen molar-refractivity contribution in [3.05, 3.63) is 11.9 Å². The van der Waals surface area contributed by atoms with E-state index in [4.69, 9.17) is 5.73 Å². The fraction of sp³-hybridized carbons (Fsp3) is 0.769. The molecule has 1 saturated heterocycles. The van der Waals surface area contributed by atoms with Crippen LogP contribution >= 0.6 is 0 Å². The lowest BCUT2D eigenvalue weighted by atomic mass is 9.95. The van der Waals surface area contributed by atoms with Crippen molar-refractivity contribution in [2.75, 3.05) is 18.0 Å². The van der Waals surface area contributed by atoms with E-state index in [1.165, 1.54) is 0 Å². The third-order valence-corrected chi connectivity index (χ3v) is 3.59. The van der Waals surface area contributed by atoms with Gasteiger partial charge in [-0.1, -0.05) is 13.8 Å². The molecule has 1 aliphatic rings. The van der Waals surface area contributed by atoms with E-state index >= 15 is 0 Å². The summed E-state index contributed by atoms with van der Waals surface area (Å²) in [6, 6.07) is 0.349. The van der Waals surface area contributed by atoms with Gasteiger partial charge < -0.3 is 15.2 Å². The average molecular weight is 236 g/mol. The van der Waals surface area contributed by atoms with E-state index in [2.05, 4.69) is 41.4 Å². The van der Waals surface area contributed by atoms with Crippen LogP contribution in [0.2, 0.25) is 0 Å². The minimum absolute atomic E-state index is 0.349. The van der Waals surface area contributed by atoms with E-state index in [1.807, 2.05) is 0 Å². The zero-order valence-electron chi connectivity index (χ0n) is 11.2. The number of anilines is 1. The summed E-state index contributed by atoms with van der Waals surface area (Å²) in [5.74, 6) is 1.68. The topological polar surface area (TPSA) is 47.1 Å². The Morgan fingerprint density at radius 2 is 2.29 bits per heavy atom. The Morgan fingerprint density at radius 1 is 1.53 bits per heavy atom. The van der Waals surface area contributed by atoms with Crippen molar-refractivity contribution >= 4 is 5.95 Å². The third kappa shape index (κ3) is 2.63. The first-order valence-corrected chi connectivity index (χ1v) is 6.66. The Balaban J connectivity index is 2.16. The van der Waals surface area contributed by atoms with Crippen molar-refractivity contribution in [3.8, 4) is 0 Å². The number of nitrogens with two attached hydrogens (primary N) is 1. The largest absolute Gasteiger partial charge is 0.342 e. The number of hydrogen-bond acceptors (Lipinski definition) is 3. The first-order chi connectivity index (χ1) is 8.11. The SMILES string of the molecule is CCCn1cc(C)nc1N1CCC(N)C(C)C1. The van der Waals surface area contributed by atoms with Crippen LogP contribution in [0.25, 0.3) is 0 Å². The predicted octanol–water partition coefficient (Wildman–Crippen LogP) is 1.78. The molecular weight excluding hydrogens is 212 g/mol. The van der Waals surface area contributed by atoms with Gasteiger partial charge in [0, 0.05) is 31.9 Å². The van der Waals surface area contributed by atoms with Crippen molar-refractivity contribution in [2.24, 2.45) is 11.7 Å². The molecule has 0 aromatic carbocycles. The Labute approximate surface area is 104 Å². The lowest BCUT2D eigenvalue weighted by Crippen LogP contribution is -2.46. The molecule has 1 aromatic heterocycles. The van der Waals surface area contributed by atoms with Crippen molar-refractivity contribution < 1.29 is 0 Å². The van der Waals surface area contributed by atoms with Crippen LogP contribution in [-0.4, -0.2) is 28.7 Å². The second kappa shape index (κ2) is 5.08. The molecule has 4 heteroatoms. The van der Waals surface area contributed by atoms with Crippen LogP contribution in [0.15, 0.2) is 6.20 Å². The predicted molar refractivity (Wildman–Crippen MR) is 71.2 cm³/mol. The van der Waals surface area contributed by atoms with Crippen LogP contribution in [-0.2, 0) is 6.54 Å². The molecule has 17 heavy (non-hydrogen) atoms. The van der Waals surface area contributed by atoms with Crippen molar-refractivity contribution in [1.82, 2.24) is 9.55 Å². The Bertz CT molecular complexity index is 371. The normalized spacial score (nSPS) is 25.3. The molecule has 1 aromatic rings. The van der Waals surface area contributed by atoms with Crippen LogP contribution in [0.4, 0.5) is 5.95 Å². The van der Waals surface area contributed by atoms with Crippen molar-refractivity contribution in [1.29, 1.82) is 0 Å². The van der Waals surface area contributed by atoms with E-state index in [9.17, 15) is 0 Å². The Kier molecular flexibility index (Phi) is 3.72. The van der Waals surface area contributed by atoms with Gasteiger partial charge in [0.05, 0.1) is 5.69 Å².